The highest BCUT2D eigenvalue weighted by atomic mass is 32.1. The van der Waals surface area contributed by atoms with Crippen molar-refractivity contribution in [2.75, 3.05) is 6.61 Å². The maximum atomic E-state index is 13.0. The van der Waals surface area contributed by atoms with E-state index in [9.17, 15) is 24.6 Å². The van der Waals surface area contributed by atoms with Gasteiger partial charge < -0.3 is 4.74 Å². The number of non-ortho nitro benzene ring substituents is 1. The number of ether oxygens (including phenoxy) is 1. The SMILES string of the molecule is N#CC(=Cc1ccc(OCC(=O)c2ccc(F)cc2)cc1)c1nc(-c2cccc([N+](=O)[O-])c2)cs1. The number of benzene rings is 3. The first kappa shape index (κ1) is 23.5. The van der Waals surface area contributed by atoms with Crippen molar-refractivity contribution in [3.8, 4) is 23.1 Å². The van der Waals surface area contributed by atoms with Crippen LogP contribution in [-0.2, 0) is 0 Å². The van der Waals surface area contributed by atoms with Crippen LogP contribution in [0, 0.1) is 27.3 Å². The van der Waals surface area contributed by atoms with Crippen molar-refractivity contribution in [1.29, 1.82) is 5.26 Å². The Labute approximate surface area is 203 Å². The van der Waals surface area contributed by atoms with Gasteiger partial charge >= 0.3 is 0 Å². The summed E-state index contributed by atoms with van der Waals surface area (Å²) in [6.07, 6.45) is 1.67. The van der Waals surface area contributed by atoms with Gasteiger partial charge in [-0.25, -0.2) is 9.37 Å². The number of nitro groups is 1. The number of Topliss-reactive ketones (excluding diaryl/α,β-unsaturated/α-hetero) is 1. The summed E-state index contributed by atoms with van der Waals surface area (Å²) in [7, 11) is 0. The second-order valence-corrected chi connectivity index (χ2v) is 8.16. The number of rotatable bonds is 8. The molecule has 0 aliphatic carbocycles. The molecule has 0 bridgehead atoms. The van der Waals surface area contributed by atoms with E-state index in [0.29, 0.717) is 33.2 Å². The molecule has 4 aromatic rings. The average Bonchev–Trinajstić information content (AvgIpc) is 3.37. The van der Waals surface area contributed by atoms with E-state index in [1.54, 1.807) is 47.9 Å². The number of allylic oxidation sites excluding steroid dienone is 1. The van der Waals surface area contributed by atoms with Crippen LogP contribution in [0.1, 0.15) is 20.9 Å². The van der Waals surface area contributed by atoms with Crippen LogP contribution in [0.3, 0.4) is 0 Å². The third-order valence-electron chi connectivity index (χ3n) is 4.94. The zero-order valence-electron chi connectivity index (χ0n) is 18.1. The molecule has 9 heteroatoms. The zero-order chi connectivity index (χ0) is 24.8. The molecule has 3 aromatic carbocycles. The van der Waals surface area contributed by atoms with Crippen LogP contribution in [0.2, 0.25) is 0 Å². The first-order valence-electron chi connectivity index (χ1n) is 10.3. The van der Waals surface area contributed by atoms with E-state index in [1.807, 2.05) is 0 Å². The van der Waals surface area contributed by atoms with E-state index in [1.165, 1.54) is 47.7 Å². The number of nitrogens with zero attached hydrogens (tertiary/aromatic N) is 3. The summed E-state index contributed by atoms with van der Waals surface area (Å²) in [4.78, 5) is 27.2. The molecule has 0 aliphatic rings. The number of nitro benzene ring substituents is 1. The monoisotopic (exact) mass is 485 g/mol. The van der Waals surface area contributed by atoms with Gasteiger partial charge in [-0.3, -0.25) is 14.9 Å². The zero-order valence-corrected chi connectivity index (χ0v) is 18.9. The first-order chi connectivity index (χ1) is 16.9. The Balaban J connectivity index is 1.45. The maximum Gasteiger partial charge on any atom is 0.270 e. The number of carbonyl (C=O) groups excluding carboxylic acids is 1. The van der Waals surface area contributed by atoms with Gasteiger partial charge in [0.1, 0.15) is 22.6 Å². The van der Waals surface area contributed by atoms with E-state index in [2.05, 4.69) is 11.1 Å². The predicted molar refractivity (Wildman–Crippen MR) is 130 cm³/mol. The van der Waals surface area contributed by atoms with Crippen LogP contribution in [0.15, 0.2) is 78.2 Å². The Kier molecular flexibility index (Phi) is 7.04. The van der Waals surface area contributed by atoms with Gasteiger partial charge in [-0.15, -0.1) is 11.3 Å². The molecule has 0 saturated carbocycles. The van der Waals surface area contributed by atoms with E-state index in [4.69, 9.17) is 4.74 Å². The number of thiazole rings is 1. The van der Waals surface area contributed by atoms with Gasteiger partial charge in [0, 0.05) is 28.6 Å². The van der Waals surface area contributed by atoms with Crippen LogP contribution >= 0.6 is 11.3 Å². The minimum absolute atomic E-state index is 0.0326. The topological polar surface area (TPSA) is 106 Å². The third kappa shape index (κ3) is 5.82. The normalized spacial score (nSPS) is 11.0. The largest absolute Gasteiger partial charge is 0.485 e. The van der Waals surface area contributed by atoms with Crippen molar-refractivity contribution in [2.24, 2.45) is 0 Å². The average molecular weight is 485 g/mol. The van der Waals surface area contributed by atoms with Gasteiger partial charge in [-0.2, -0.15) is 5.26 Å². The van der Waals surface area contributed by atoms with E-state index in [0.717, 1.165) is 5.56 Å². The third-order valence-corrected chi connectivity index (χ3v) is 5.81. The van der Waals surface area contributed by atoms with Crippen molar-refractivity contribution in [1.82, 2.24) is 4.98 Å². The van der Waals surface area contributed by atoms with Gasteiger partial charge in [0.25, 0.3) is 5.69 Å². The molecule has 1 aromatic heterocycles. The molecule has 0 N–H and O–H groups in total. The van der Waals surface area contributed by atoms with Gasteiger partial charge in [-0.05, 0) is 48.0 Å². The lowest BCUT2D eigenvalue weighted by Gasteiger charge is -2.06. The fourth-order valence-corrected chi connectivity index (χ4v) is 3.94. The highest BCUT2D eigenvalue weighted by Crippen LogP contribution is 2.29. The summed E-state index contributed by atoms with van der Waals surface area (Å²) in [6.45, 7) is -0.191. The molecule has 4 rings (SSSR count). The Morgan fingerprint density at radius 1 is 1.14 bits per heavy atom. The van der Waals surface area contributed by atoms with Gasteiger partial charge in [-0.1, -0.05) is 24.3 Å². The molecule has 0 atom stereocenters. The number of ketones is 1. The molecule has 0 spiro atoms. The summed E-state index contributed by atoms with van der Waals surface area (Å²) in [5.74, 6) is -0.219. The van der Waals surface area contributed by atoms with E-state index >= 15 is 0 Å². The predicted octanol–water partition coefficient (Wildman–Crippen LogP) is 6.18. The van der Waals surface area contributed by atoms with Crippen LogP contribution in [0.4, 0.5) is 10.1 Å². The number of hydrogen-bond acceptors (Lipinski definition) is 7. The minimum Gasteiger partial charge on any atom is -0.485 e. The molecule has 1 heterocycles. The van der Waals surface area contributed by atoms with E-state index < -0.39 is 10.7 Å². The fourth-order valence-electron chi connectivity index (χ4n) is 3.15. The lowest BCUT2D eigenvalue weighted by molar-refractivity contribution is -0.384. The number of hydrogen-bond donors (Lipinski definition) is 0. The van der Waals surface area contributed by atoms with Crippen molar-refractivity contribution >= 4 is 34.5 Å². The quantitative estimate of drug-likeness (QED) is 0.128. The molecule has 0 fully saturated rings. The van der Waals surface area contributed by atoms with Gasteiger partial charge in [0.05, 0.1) is 16.2 Å². The second kappa shape index (κ2) is 10.5. The Morgan fingerprint density at radius 3 is 2.57 bits per heavy atom. The van der Waals surface area contributed by atoms with Crippen LogP contribution < -0.4 is 4.74 Å². The molecular weight excluding hydrogens is 469 g/mol. The van der Waals surface area contributed by atoms with Crippen LogP contribution in [0.25, 0.3) is 22.9 Å². The molecule has 0 amide bonds. The standard InChI is InChI=1S/C26H16FN3O4S/c27-21-8-6-18(7-9-21)25(31)15-34-23-10-4-17(5-11-23)12-20(14-28)26-29-24(16-35-26)19-2-1-3-22(13-19)30(32)33/h1-13,16H,15H2. The Bertz CT molecular complexity index is 1460. The van der Waals surface area contributed by atoms with Gasteiger partial charge in [0.2, 0.25) is 0 Å². The van der Waals surface area contributed by atoms with Crippen molar-refractivity contribution in [3.63, 3.8) is 0 Å². The number of aromatic nitrogens is 1. The summed E-state index contributed by atoms with van der Waals surface area (Å²) in [6, 6.07) is 20.4. The lowest BCUT2D eigenvalue weighted by Crippen LogP contribution is -2.11. The second-order valence-electron chi connectivity index (χ2n) is 7.30. The lowest BCUT2D eigenvalue weighted by atomic mass is 10.1. The van der Waals surface area contributed by atoms with Crippen LogP contribution in [-0.4, -0.2) is 22.3 Å². The molecule has 172 valence electrons. The summed E-state index contributed by atoms with van der Waals surface area (Å²) in [5, 5.41) is 22.9. The molecule has 35 heavy (non-hydrogen) atoms. The van der Waals surface area contributed by atoms with Crippen molar-refractivity contribution < 1.29 is 18.8 Å². The van der Waals surface area contributed by atoms with E-state index in [-0.39, 0.29) is 18.1 Å². The molecule has 0 saturated heterocycles. The van der Waals surface area contributed by atoms with Crippen LogP contribution in [0.5, 0.6) is 5.75 Å². The molecule has 0 unspecified atom stereocenters. The number of nitriles is 1. The molecule has 7 nitrogen and oxygen atoms in total. The smallest absolute Gasteiger partial charge is 0.270 e. The summed E-state index contributed by atoms with van der Waals surface area (Å²) < 4.78 is 18.5. The van der Waals surface area contributed by atoms with Crippen molar-refractivity contribution in [3.05, 3.63) is 110 Å². The Morgan fingerprint density at radius 2 is 1.89 bits per heavy atom. The molecule has 0 radical (unpaired) electrons. The summed E-state index contributed by atoms with van der Waals surface area (Å²) >= 11 is 1.27. The molecular formula is C26H16FN3O4S. The highest BCUT2D eigenvalue weighted by Gasteiger charge is 2.12. The molecule has 0 aliphatic heterocycles. The fraction of sp³-hybridized carbons (Fsp3) is 0.0385. The van der Waals surface area contributed by atoms with Crippen molar-refractivity contribution in [2.45, 2.75) is 0 Å². The Hall–Kier alpha value is -4.68. The first-order valence-corrected chi connectivity index (χ1v) is 11.1. The maximum absolute atomic E-state index is 13.0. The highest BCUT2D eigenvalue weighted by molar-refractivity contribution is 7.11. The van der Waals surface area contributed by atoms with Gasteiger partial charge in [0.15, 0.2) is 12.4 Å². The number of carbonyl (C=O) groups is 1. The minimum atomic E-state index is -0.469. The summed E-state index contributed by atoms with van der Waals surface area (Å²) in [5.41, 5.74) is 2.53. The number of halogens is 1.